The van der Waals surface area contributed by atoms with E-state index in [1.54, 1.807) is 0 Å². The molecular formula is C14H27NO2. The maximum absolute atomic E-state index is 11.7. The first kappa shape index (κ1) is 14.3. The van der Waals surface area contributed by atoms with Crippen molar-refractivity contribution in [3.63, 3.8) is 0 Å². The molecule has 1 aliphatic rings. The number of carbonyl (C=O) groups excluding carboxylic acids is 1. The minimum absolute atomic E-state index is 0.232. The van der Waals surface area contributed by atoms with Crippen LogP contribution in [-0.4, -0.2) is 17.7 Å². The van der Waals surface area contributed by atoms with Crippen LogP contribution in [0.2, 0.25) is 0 Å². The first-order valence-corrected chi connectivity index (χ1v) is 6.94. The third-order valence-electron chi connectivity index (χ3n) is 3.92. The fraction of sp³-hybridized carbons (Fsp3) is 0.929. The number of hydrogen-bond acceptors (Lipinski definition) is 2. The van der Waals surface area contributed by atoms with E-state index in [0.717, 1.165) is 6.42 Å². The Morgan fingerprint density at radius 3 is 2.47 bits per heavy atom. The second-order valence-corrected chi connectivity index (χ2v) is 5.83. The SMILES string of the molecule is CCC(C)(C)OC(=O)NC(C)C1CCCCC1. The summed E-state index contributed by atoms with van der Waals surface area (Å²) in [6.07, 6.45) is 6.97. The molecule has 3 heteroatoms. The van der Waals surface area contributed by atoms with E-state index in [-0.39, 0.29) is 17.7 Å². The van der Waals surface area contributed by atoms with Crippen LogP contribution in [0.5, 0.6) is 0 Å². The topological polar surface area (TPSA) is 38.3 Å². The third-order valence-corrected chi connectivity index (χ3v) is 3.92. The molecule has 0 aromatic rings. The molecule has 0 aromatic carbocycles. The lowest BCUT2D eigenvalue weighted by molar-refractivity contribution is 0.0326. The van der Waals surface area contributed by atoms with Gasteiger partial charge in [-0.25, -0.2) is 4.79 Å². The lowest BCUT2D eigenvalue weighted by Crippen LogP contribution is -2.42. The van der Waals surface area contributed by atoms with E-state index in [9.17, 15) is 4.79 Å². The van der Waals surface area contributed by atoms with Gasteiger partial charge in [0.15, 0.2) is 0 Å². The Balaban J connectivity index is 2.34. The zero-order chi connectivity index (χ0) is 12.9. The Bertz CT molecular complexity index is 245. The van der Waals surface area contributed by atoms with E-state index in [4.69, 9.17) is 4.74 Å². The van der Waals surface area contributed by atoms with Crippen LogP contribution in [0, 0.1) is 5.92 Å². The molecule has 100 valence electrons. The predicted octanol–water partition coefficient (Wildman–Crippen LogP) is 3.87. The average Bonchev–Trinajstić information content (AvgIpc) is 2.29. The van der Waals surface area contributed by atoms with Crippen LogP contribution in [0.3, 0.4) is 0 Å². The third kappa shape index (κ3) is 4.97. The van der Waals surface area contributed by atoms with E-state index < -0.39 is 0 Å². The quantitative estimate of drug-likeness (QED) is 0.811. The van der Waals surface area contributed by atoms with Crippen molar-refractivity contribution in [2.75, 3.05) is 0 Å². The van der Waals surface area contributed by atoms with Crippen molar-refractivity contribution in [2.24, 2.45) is 5.92 Å². The van der Waals surface area contributed by atoms with Crippen molar-refractivity contribution in [3.8, 4) is 0 Å². The van der Waals surface area contributed by atoms with Gasteiger partial charge in [-0.05, 0) is 46.0 Å². The summed E-state index contributed by atoms with van der Waals surface area (Å²) < 4.78 is 5.40. The molecule has 0 radical (unpaired) electrons. The van der Waals surface area contributed by atoms with Gasteiger partial charge in [0.1, 0.15) is 5.60 Å². The maximum Gasteiger partial charge on any atom is 0.407 e. The van der Waals surface area contributed by atoms with Gasteiger partial charge in [-0.15, -0.1) is 0 Å². The Morgan fingerprint density at radius 1 is 1.35 bits per heavy atom. The highest BCUT2D eigenvalue weighted by atomic mass is 16.6. The molecule has 17 heavy (non-hydrogen) atoms. The molecule has 1 atom stereocenters. The lowest BCUT2D eigenvalue weighted by atomic mass is 9.85. The van der Waals surface area contributed by atoms with Gasteiger partial charge in [0.05, 0.1) is 0 Å². The minimum Gasteiger partial charge on any atom is -0.444 e. The first-order valence-electron chi connectivity index (χ1n) is 6.94. The zero-order valence-electron chi connectivity index (χ0n) is 11.7. The van der Waals surface area contributed by atoms with Crippen molar-refractivity contribution in [1.82, 2.24) is 5.32 Å². The number of alkyl carbamates (subject to hydrolysis) is 1. The summed E-state index contributed by atoms with van der Waals surface area (Å²) in [6, 6.07) is 0.232. The molecule has 0 heterocycles. The van der Waals surface area contributed by atoms with Crippen molar-refractivity contribution >= 4 is 6.09 Å². The van der Waals surface area contributed by atoms with Gasteiger partial charge >= 0.3 is 6.09 Å². The molecule has 0 saturated heterocycles. The van der Waals surface area contributed by atoms with Gasteiger partial charge in [-0.3, -0.25) is 0 Å². The fourth-order valence-electron chi connectivity index (χ4n) is 2.29. The Labute approximate surface area is 105 Å². The van der Waals surface area contributed by atoms with Gasteiger partial charge in [0.2, 0.25) is 0 Å². The van der Waals surface area contributed by atoms with Crippen LogP contribution in [0.15, 0.2) is 0 Å². The van der Waals surface area contributed by atoms with Crippen LogP contribution in [0.4, 0.5) is 4.79 Å². The highest BCUT2D eigenvalue weighted by Gasteiger charge is 2.25. The van der Waals surface area contributed by atoms with Gasteiger partial charge in [0.25, 0.3) is 0 Å². The lowest BCUT2D eigenvalue weighted by Gasteiger charge is -2.30. The van der Waals surface area contributed by atoms with Crippen LogP contribution < -0.4 is 5.32 Å². The van der Waals surface area contributed by atoms with E-state index in [1.807, 2.05) is 20.8 Å². The molecule has 0 bridgehead atoms. The number of carbonyl (C=O) groups is 1. The van der Waals surface area contributed by atoms with Crippen LogP contribution >= 0.6 is 0 Å². The first-order chi connectivity index (χ1) is 7.94. The number of rotatable bonds is 4. The molecule has 1 rings (SSSR count). The standard InChI is InChI=1S/C14H27NO2/c1-5-14(3,4)17-13(16)15-11(2)12-9-7-6-8-10-12/h11-12H,5-10H2,1-4H3,(H,15,16). The van der Waals surface area contributed by atoms with Crippen molar-refractivity contribution in [2.45, 2.75) is 77.9 Å². The minimum atomic E-state index is -0.365. The molecule has 0 aliphatic heterocycles. The largest absolute Gasteiger partial charge is 0.444 e. The Morgan fingerprint density at radius 2 is 1.94 bits per heavy atom. The molecule has 1 saturated carbocycles. The summed E-state index contributed by atoms with van der Waals surface area (Å²) >= 11 is 0. The molecule has 1 N–H and O–H groups in total. The molecule has 1 amide bonds. The summed E-state index contributed by atoms with van der Waals surface area (Å²) in [4.78, 5) is 11.7. The molecule has 1 aliphatic carbocycles. The zero-order valence-corrected chi connectivity index (χ0v) is 11.7. The summed E-state index contributed by atoms with van der Waals surface area (Å²) in [5, 5.41) is 2.98. The highest BCUT2D eigenvalue weighted by Crippen LogP contribution is 2.26. The Hall–Kier alpha value is -0.730. The second-order valence-electron chi connectivity index (χ2n) is 5.83. The van der Waals surface area contributed by atoms with Crippen molar-refractivity contribution in [1.29, 1.82) is 0 Å². The summed E-state index contributed by atoms with van der Waals surface area (Å²) in [5.74, 6) is 0.626. The second kappa shape index (κ2) is 6.27. The molecular weight excluding hydrogens is 214 g/mol. The smallest absolute Gasteiger partial charge is 0.407 e. The van der Waals surface area contributed by atoms with Gasteiger partial charge in [-0.1, -0.05) is 26.2 Å². The summed E-state index contributed by atoms with van der Waals surface area (Å²) in [7, 11) is 0. The molecule has 1 fully saturated rings. The number of hydrogen-bond donors (Lipinski definition) is 1. The monoisotopic (exact) mass is 241 g/mol. The normalized spacial score (nSPS) is 19.8. The van der Waals surface area contributed by atoms with E-state index in [2.05, 4.69) is 12.2 Å². The number of nitrogens with one attached hydrogen (secondary N) is 1. The number of amides is 1. The van der Waals surface area contributed by atoms with Gasteiger partial charge in [-0.2, -0.15) is 0 Å². The summed E-state index contributed by atoms with van der Waals surface area (Å²) in [6.45, 7) is 8.00. The van der Waals surface area contributed by atoms with E-state index in [0.29, 0.717) is 5.92 Å². The van der Waals surface area contributed by atoms with Gasteiger partial charge < -0.3 is 10.1 Å². The highest BCUT2D eigenvalue weighted by molar-refractivity contribution is 5.68. The van der Waals surface area contributed by atoms with Crippen molar-refractivity contribution < 1.29 is 9.53 Å². The average molecular weight is 241 g/mol. The number of ether oxygens (including phenoxy) is 1. The molecule has 0 spiro atoms. The fourth-order valence-corrected chi connectivity index (χ4v) is 2.29. The van der Waals surface area contributed by atoms with Gasteiger partial charge in [0, 0.05) is 6.04 Å². The van der Waals surface area contributed by atoms with Crippen LogP contribution in [0.1, 0.15) is 66.2 Å². The predicted molar refractivity (Wildman–Crippen MR) is 70.0 cm³/mol. The van der Waals surface area contributed by atoms with Crippen LogP contribution in [0.25, 0.3) is 0 Å². The molecule has 3 nitrogen and oxygen atoms in total. The molecule has 0 aromatic heterocycles. The van der Waals surface area contributed by atoms with Crippen LogP contribution in [-0.2, 0) is 4.74 Å². The maximum atomic E-state index is 11.7. The molecule has 1 unspecified atom stereocenters. The summed E-state index contributed by atoms with van der Waals surface area (Å²) in [5.41, 5.74) is -0.365. The van der Waals surface area contributed by atoms with E-state index in [1.165, 1.54) is 32.1 Å². The van der Waals surface area contributed by atoms with Crippen molar-refractivity contribution in [3.05, 3.63) is 0 Å². The Kier molecular flexibility index (Phi) is 5.29. The van der Waals surface area contributed by atoms with E-state index >= 15 is 0 Å².